The second kappa shape index (κ2) is 4.75. The summed E-state index contributed by atoms with van der Waals surface area (Å²) >= 11 is 0. The van der Waals surface area contributed by atoms with Crippen molar-refractivity contribution in [1.82, 2.24) is 5.32 Å². The number of hydrogen-bond donors (Lipinski definition) is 1. The molecule has 94 valence electrons. The first-order valence-corrected chi connectivity index (χ1v) is 6.60. The Hall–Kier alpha value is -1.56. The van der Waals surface area contributed by atoms with E-state index in [9.17, 15) is 13.2 Å². The molecule has 1 N–H and O–H groups in total. The van der Waals surface area contributed by atoms with Gasteiger partial charge < -0.3 is 10.1 Å². The molecule has 1 rings (SSSR count). The van der Waals surface area contributed by atoms with Gasteiger partial charge in [-0.05, 0) is 37.1 Å². The van der Waals surface area contributed by atoms with Gasteiger partial charge in [-0.1, -0.05) is 0 Å². The Bertz CT molecular complexity index is 615. The maximum Gasteiger partial charge on any atom is 0.412 e. The van der Waals surface area contributed by atoms with Crippen molar-refractivity contribution in [3.8, 4) is 5.75 Å². The highest BCUT2D eigenvalue weighted by Gasteiger charge is 2.16. The second-order valence-corrected chi connectivity index (χ2v) is 5.63. The first kappa shape index (κ1) is 9.47. The van der Waals surface area contributed by atoms with Crippen LogP contribution in [0.25, 0.3) is 0 Å². The average Bonchev–Trinajstić information content (AvgIpc) is 2.08. The van der Waals surface area contributed by atoms with E-state index in [0.717, 1.165) is 6.26 Å². The van der Waals surface area contributed by atoms with Gasteiger partial charge in [-0.25, -0.2) is 13.2 Å². The normalized spacial score (nSPS) is 14.4. The summed E-state index contributed by atoms with van der Waals surface area (Å²) in [6, 6.07) is 2.73. The topological polar surface area (TPSA) is 72.5 Å². The van der Waals surface area contributed by atoms with Crippen molar-refractivity contribution in [2.24, 2.45) is 0 Å². The molecule has 0 heterocycles. The minimum absolute atomic E-state index is 0.0779. The Morgan fingerprint density at radius 3 is 2.29 bits per heavy atom. The quantitative estimate of drug-likeness (QED) is 0.873. The fourth-order valence-electron chi connectivity index (χ4n) is 1.69. The van der Waals surface area contributed by atoms with Crippen molar-refractivity contribution in [1.29, 1.82) is 0 Å². The zero-order valence-electron chi connectivity index (χ0n) is 12.7. The molecule has 0 radical (unpaired) electrons. The van der Waals surface area contributed by atoms with Crippen LogP contribution in [-0.4, -0.2) is 27.7 Å². The Balaban J connectivity index is 3.04. The van der Waals surface area contributed by atoms with Crippen molar-refractivity contribution in [3.05, 3.63) is 23.3 Å². The molecule has 0 aliphatic rings. The van der Waals surface area contributed by atoms with Gasteiger partial charge in [-0.15, -0.1) is 0 Å². The van der Waals surface area contributed by atoms with Crippen LogP contribution in [0.1, 0.15) is 15.2 Å². The van der Waals surface area contributed by atoms with Crippen LogP contribution in [-0.2, 0) is 9.84 Å². The molecule has 0 saturated heterocycles. The molecule has 1 amide bonds. The molecular weight excluding hydrogens is 242 g/mol. The largest absolute Gasteiger partial charge is 0.412 e. The summed E-state index contributed by atoms with van der Waals surface area (Å²) in [7, 11) is -3.38. The van der Waals surface area contributed by atoms with Gasteiger partial charge in [0, 0.05) is 17.3 Å². The van der Waals surface area contributed by atoms with Gasteiger partial charge in [-0.3, -0.25) is 0 Å². The molecular formula is C11H15NO4S. The third kappa shape index (κ3) is 3.20. The van der Waals surface area contributed by atoms with Crippen LogP contribution in [0.3, 0.4) is 0 Å². The van der Waals surface area contributed by atoms with Gasteiger partial charge in [0.2, 0.25) is 0 Å². The average molecular weight is 260 g/mol. The molecule has 0 spiro atoms. The van der Waals surface area contributed by atoms with Gasteiger partial charge in [0.1, 0.15) is 5.75 Å². The lowest BCUT2D eigenvalue weighted by Crippen LogP contribution is -2.22. The number of ether oxygens (including phenoxy) is 1. The lowest BCUT2D eigenvalue weighted by molar-refractivity contribution is 0.203. The summed E-state index contributed by atoms with van der Waals surface area (Å²) in [5, 5.41) is 1.67. The third-order valence-electron chi connectivity index (χ3n) is 2.12. The molecule has 6 heteroatoms. The van der Waals surface area contributed by atoms with Gasteiger partial charge in [0.25, 0.3) is 0 Å². The highest BCUT2D eigenvalue weighted by molar-refractivity contribution is 7.90. The first-order valence-electron chi connectivity index (χ1n) is 6.21. The summed E-state index contributed by atoms with van der Waals surface area (Å²) in [5.74, 6) is 0.0779. The maximum atomic E-state index is 11.6. The molecule has 0 aliphatic heterocycles. The Labute approximate surface area is 105 Å². The maximum absolute atomic E-state index is 11.6. The van der Waals surface area contributed by atoms with Crippen LogP contribution in [0.15, 0.2) is 17.0 Å². The van der Waals surface area contributed by atoms with E-state index in [0.29, 0.717) is 11.1 Å². The number of carbonyl (C=O) groups is 1. The van der Waals surface area contributed by atoms with Crippen LogP contribution in [0.2, 0.25) is 0 Å². The lowest BCUT2D eigenvalue weighted by atomic mass is 10.1. The Morgan fingerprint density at radius 1 is 1.35 bits per heavy atom. The number of nitrogens with one attached hydrogen (secondary N) is 1. The van der Waals surface area contributed by atoms with Crippen molar-refractivity contribution in [3.63, 3.8) is 0 Å². The minimum Gasteiger partial charge on any atom is -0.410 e. The van der Waals surface area contributed by atoms with Crippen LogP contribution in [0, 0.1) is 13.8 Å². The number of rotatable bonds is 2. The molecule has 1 aromatic carbocycles. The van der Waals surface area contributed by atoms with E-state index in [-0.39, 0.29) is 10.6 Å². The molecule has 17 heavy (non-hydrogen) atoms. The number of benzene rings is 1. The number of aryl methyl sites for hydroxylation is 2. The standard InChI is InChI=1S/C11H15NO4S/c1-7-5-9(16-11(13)12-3)6-8(2)10(7)17(4,14)15/h5-6H,1-4H3,(H,12,13)/i3D3. The molecule has 5 nitrogen and oxygen atoms in total. The minimum atomic E-state index is -3.38. The SMILES string of the molecule is [2H]C([2H])([2H])NC(=O)Oc1cc(C)c(S(C)(=O)=O)c(C)c1. The molecule has 0 atom stereocenters. The molecule has 0 saturated carbocycles. The number of sulfone groups is 1. The van der Waals surface area contributed by atoms with Gasteiger partial charge in [0.15, 0.2) is 9.84 Å². The summed E-state index contributed by atoms with van der Waals surface area (Å²) in [4.78, 5) is 11.5. The Kier molecular flexibility index (Phi) is 2.64. The summed E-state index contributed by atoms with van der Waals surface area (Å²) in [6.07, 6.45) is -0.0413. The third-order valence-corrected chi connectivity index (χ3v) is 3.50. The highest BCUT2D eigenvalue weighted by atomic mass is 32.2. The molecule has 0 bridgehead atoms. The van der Waals surface area contributed by atoms with E-state index in [1.807, 2.05) is 0 Å². The summed E-state index contributed by atoms with van der Waals surface area (Å²) in [5.41, 5.74) is 0.841. The van der Waals surface area contributed by atoms with Crippen LogP contribution < -0.4 is 10.1 Å². The van der Waals surface area contributed by atoms with Crippen molar-refractivity contribution >= 4 is 15.9 Å². The summed E-state index contributed by atoms with van der Waals surface area (Å²) < 4.78 is 48.6. The van der Waals surface area contributed by atoms with E-state index in [2.05, 4.69) is 0 Å². The number of amides is 1. The van der Waals surface area contributed by atoms with Gasteiger partial charge in [-0.2, -0.15) is 0 Å². The smallest absolute Gasteiger partial charge is 0.410 e. The molecule has 0 aromatic heterocycles. The number of hydrogen-bond acceptors (Lipinski definition) is 4. The summed E-state index contributed by atoms with van der Waals surface area (Å²) in [6.45, 7) is 0.490. The zero-order chi connectivity index (χ0) is 15.7. The molecule has 0 aliphatic carbocycles. The van der Waals surface area contributed by atoms with Gasteiger partial charge in [0.05, 0.1) is 4.90 Å². The molecule has 0 fully saturated rings. The highest BCUT2D eigenvalue weighted by Crippen LogP contribution is 2.25. The van der Waals surface area contributed by atoms with Crippen molar-refractivity contribution in [2.45, 2.75) is 18.7 Å². The Morgan fingerprint density at radius 2 is 1.88 bits per heavy atom. The molecule has 1 aromatic rings. The monoisotopic (exact) mass is 260 g/mol. The van der Waals surface area contributed by atoms with Crippen molar-refractivity contribution < 1.29 is 22.1 Å². The van der Waals surface area contributed by atoms with E-state index < -0.39 is 22.9 Å². The fourth-order valence-corrected chi connectivity index (χ4v) is 2.97. The van der Waals surface area contributed by atoms with E-state index in [4.69, 9.17) is 8.85 Å². The van der Waals surface area contributed by atoms with Crippen LogP contribution in [0.4, 0.5) is 4.79 Å². The van der Waals surface area contributed by atoms with Crippen molar-refractivity contribution in [2.75, 3.05) is 13.2 Å². The van der Waals surface area contributed by atoms with Crippen LogP contribution in [0.5, 0.6) is 5.75 Å². The predicted octanol–water partition coefficient (Wildman–Crippen LogP) is 1.43. The number of carbonyl (C=O) groups excluding carboxylic acids is 1. The second-order valence-electron chi connectivity index (χ2n) is 3.67. The first-order chi connectivity index (χ1) is 8.90. The zero-order valence-corrected chi connectivity index (χ0v) is 10.5. The van der Waals surface area contributed by atoms with E-state index >= 15 is 0 Å². The van der Waals surface area contributed by atoms with Gasteiger partial charge >= 0.3 is 6.09 Å². The molecule has 0 unspecified atom stereocenters. The van der Waals surface area contributed by atoms with E-state index in [1.165, 1.54) is 12.1 Å². The van der Waals surface area contributed by atoms with Crippen LogP contribution >= 0.6 is 0 Å². The lowest BCUT2D eigenvalue weighted by Gasteiger charge is -2.10. The predicted molar refractivity (Wildman–Crippen MR) is 64.1 cm³/mol. The van der Waals surface area contributed by atoms with E-state index in [1.54, 1.807) is 19.2 Å². The fraction of sp³-hybridized carbons (Fsp3) is 0.364.